The van der Waals surface area contributed by atoms with Crippen LogP contribution in [0.3, 0.4) is 0 Å². The Morgan fingerprint density at radius 1 is 1.57 bits per heavy atom. The van der Waals surface area contributed by atoms with Gasteiger partial charge in [-0.25, -0.2) is 0 Å². The van der Waals surface area contributed by atoms with Crippen molar-refractivity contribution < 1.29 is 5.11 Å². The largest absolute Gasteiger partial charge is 0.396 e. The van der Waals surface area contributed by atoms with Crippen molar-refractivity contribution in [2.24, 2.45) is 5.92 Å². The molecular weight excluding hydrogens is 265 g/mol. The third kappa shape index (κ3) is 3.15. The highest BCUT2D eigenvalue weighted by Gasteiger charge is 2.04. The summed E-state index contributed by atoms with van der Waals surface area (Å²) in [7, 11) is 0. The van der Waals surface area contributed by atoms with E-state index in [1.807, 2.05) is 25.1 Å². The SMILES string of the molecule is CC(CO)CNc1cccc(Cl)c1Br. The molecule has 0 aliphatic carbocycles. The molecule has 2 nitrogen and oxygen atoms in total. The molecule has 0 bridgehead atoms. The maximum Gasteiger partial charge on any atom is 0.0593 e. The maximum absolute atomic E-state index is 8.86. The predicted octanol–water partition coefficient (Wildman–Crippen LogP) is 3.14. The van der Waals surface area contributed by atoms with Gasteiger partial charge >= 0.3 is 0 Å². The molecule has 1 aromatic carbocycles. The van der Waals surface area contributed by atoms with Crippen LogP contribution in [0.25, 0.3) is 0 Å². The molecule has 0 fully saturated rings. The predicted molar refractivity (Wildman–Crippen MR) is 63.9 cm³/mol. The van der Waals surface area contributed by atoms with Crippen LogP contribution in [0, 0.1) is 5.92 Å². The zero-order chi connectivity index (χ0) is 10.6. The quantitative estimate of drug-likeness (QED) is 0.887. The Labute approximate surface area is 97.4 Å². The zero-order valence-corrected chi connectivity index (χ0v) is 10.3. The lowest BCUT2D eigenvalue weighted by Gasteiger charge is -2.12. The summed E-state index contributed by atoms with van der Waals surface area (Å²) in [6.45, 7) is 2.89. The number of nitrogens with one attached hydrogen (secondary N) is 1. The van der Waals surface area contributed by atoms with Crippen LogP contribution in [0.5, 0.6) is 0 Å². The van der Waals surface area contributed by atoms with Crippen LogP contribution in [0.4, 0.5) is 5.69 Å². The highest BCUT2D eigenvalue weighted by molar-refractivity contribution is 9.10. The van der Waals surface area contributed by atoms with Crippen molar-refractivity contribution >= 4 is 33.2 Å². The van der Waals surface area contributed by atoms with Crippen LogP contribution >= 0.6 is 27.5 Å². The molecule has 0 radical (unpaired) electrons. The molecule has 0 heterocycles. The summed E-state index contributed by atoms with van der Waals surface area (Å²) in [5.41, 5.74) is 0.956. The van der Waals surface area contributed by atoms with Crippen molar-refractivity contribution in [3.8, 4) is 0 Å². The van der Waals surface area contributed by atoms with E-state index in [9.17, 15) is 0 Å². The first kappa shape index (κ1) is 11.8. The van der Waals surface area contributed by atoms with Crippen molar-refractivity contribution in [1.82, 2.24) is 0 Å². The monoisotopic (exact) mass is 277 g/mol. The molecule has 0 amide bonds. The van der Waals surface area contributed by atoms with E-state index in [4.69, 9.17) is 16.7 Å². The summed E-state index contributed by atoms with van der Waals surface area (Å²) in [4.78, 5) is 0. The Morgan fingerprint density at radius 2 is 2.29 bits per heavy atom. The Bertz CT molecular complexity index is 306. The molecule has 1 aromatic rings. The number of rotatable bonds is 4. The van der Waals surface area contributed by atoms with Gasteiger partial charge in [0, 0.05) is 18.8 Å². The Hall–Kier alpha value is -0.250. The lowest BCUT2D eigenvalue weighted by atomic mass is 10.2. The molecule has 78 valence electrons. The van der Waals surface area contributed by atoms with Gasteiger partial charge in [0.1, 0.15) is 0 Å². The van der Waals surface area contributed by atoms with Gasteiger partial charge in [-0.3, -0.25) is 0 Å². The fourth-order valence-electron chi connectivity index (χ4n) is 0.989. The first-order chi connectivity index (χ1) is 6.65. The molecule has 4 heteroatoms. The van der Waals surface area contributed by atoms with Crippen LogP contribution in [0.1, 0.15) is 6.92 Å². The molecule has 0 saturated carbocycles. The Balaban J connectivity index is 2.63. The molecule has 14 heavy (non-hydrogen) atoms. The molecule has 0 aromatic heterocycles. The normalized spacial score (nSPS) is 12.6. The van der Waals surface area contributed by atoms with Crippen LogP contribution in [-0.4, -0.2) is 18.3 Å². The number of anilines is 1. The lowest BCUT2D eigenvalue weighted by molar-refractivity contribution is 0.244. The molecule has 0 aliphatic heterocycles. The Kier molecular flexibility index (Phi) is 4.72. The molecule has 0 aliphatic rings. The summed E-state index contributed by atoms with van der Waals surface area (Å²) in [5, 5.41) is 12.8. The van der Waals surface area contributed by atoms with E-state index >= 15 is 0 Å². The van der Waals surface area contributed by atoms with E-state index in [0.29, 0.717) is 5.02 Å². The van der Waals surface area contributed by atoms with E-state index in [0.717, 1.165) is 16.7 Å². The van der Waals surface area contributed by atoms with Gasteiger partial charge in [0.25, 0.3) is 0 Å². The summed E-state index contributed by atoms with van der Waals surface area (Å²) in [6.07, 6.45) is 0. The minimum atomic E-state index is 0.186. The highest BCUT2D eigenvalue weighted by atomic mass is 79.9. The second-order valence-electron chi connectivity index (χ2n) is 3.27. The minimum Gasteiger partial charge on any atom is -0.396 e. The number of halogens is 2. The van der Waals surface area contributed by atoms with Gasteiger partial charge in [0.05, 0.1) is 9.50 Å². The van der Waals surface area contributed by atoms with Crippen LogP contribution < -0.4 is 5.32 Å². The molecule has 0 saturated heterocycles. The number of hydrogen-bond acceptors (Lipinski definition) is 2. The standard InChI is InChI=1S/C10H13BrClNO/c1-7(6-14)5-13-9-4-2-3-8(12)10(9)11/h2-4,7,13-14H,5-6H2,1H3. The number of aliphatic hydroxyl groups is 1. The van der Waals surface area contributed by atoms with Gasteiger partial charge in [-0.2, -0.15) is 0 Å². The van der Waals surface area contributed by atoms with Crippen LogP contribution in [0.15, 0.2) is 22.7 Å². The molecular formula is C10H13BrClNO. The summed E-state index contributed by atoms with van der Waals surface area (Å²) < 4.78 is 0.867. The molecule has 1 atom stereocenters. The first-order valence-corrected chi connectivity index (χ1v) is 5.61. The van der Waals surface area contributed by atoms with E-state index in [1.165, 1.54) is 0 Å². The fraction of sp³-hybridized carbons (Fsp3) is 0.400. The van der Waals surface area contributed by atoms with Gasteiger partial charge in [-0.05, 0) is 34.0 Å². The van der Waals surface area contributed by atoms with Crippen molar-refractivity contribution in [2.75, 3.05) is 18.5 Å². The van der Waals surface area contributed by atoms with Crippen molar-refractivity contribution in [1.29, 1.82) is 0 Å². The zero-order valence-electron chi connectivity index (χ0n) is 7.93. The van der Waals surface area contributed by atoms with Gasteiger partial charge in [-0.15, -0.1) is 0 Å². The van der Waals surface area contributed by atoms with E-state index in [-0.39, 0.29) is 12.5 Å². The summed E-state index contributed by atoms with van der Waals surface area (Å²) in [6, 6.07) is 5.66. The average molecular weight is 279 g/mol. The van der Waals surface area contributed by atoms with Gasteiger partial charge < -0.3 is 10.4 Å². The number of aliphatic hydroxyl groups excluding tert-OH is 1. The second-order valence-corrected chi connectivity index (χ2v) is 4.47. The molecule has 0 spiro atoms. The number of benzene rings is 1. The van der Waals surface area contributed by atoms with Crippen molar-refractivity contribution in [3.05, 3.63) is 27.7 Å². The van der Waals surface area contributed by atoms with E-state index in [2.05, 4.69) is 21.2 Å². The fourth-order valence-corrected chi connectivity index (χ4v) is 1.57. The molecule has 1 unspecified atom stereocenters. The molecule has 1 rings (SSSR count). The van der Waals surface area contributed by atoms with Crippen molar-refractivity contribution in [3.63, 3.8) is 0 Å². The smallest absolute Gasteiger partial charge is 0.0593 e. The summed E-state index contributed by atoms with van der Waals surface area (Å²) >= 11 is 9.32. The van der Waals surface area contributed by atoms with Gasteiger partial charge in [0.2, 0.25) is 0 Å². The number of hydrogen-bond donors (Lipinski definition) is 2. The molecule has 2 N–H and O–H groups in total. The van der Waals surface area contributed by atoms with Crippen LogP contribution in [0.2, 0.25) is 5.02 Å². The third-order valence-corrected chi connectivity index (χ3v) is 3.30. The average Bonchev–Trinajstić information content (AvgIpc) is 2.20. The van der Waals surface area contributed by atoms with Crippen molar-refractivity contribution in [2.45, 2.75) is 6.92 Å². The third-order valence-electron chi connectivity index (χ3n) is 1.90. The van der Waals surface area contributed by atoms with E-state index < -0.39 is 0 Å². The maximum atomic E-state index is 8.86. The summed E-state index contributed by atoms with van der Waals surface area (Å²) in [5.74, 6) is 0.237. The highest BCUT2D eigenvalue weighted by Crippen LogP contribution is 2.29. The lowest BCUT2D eigenvalue weighted by Crippen LogP contribution is -2.14. The van der Waals surface area contributed by atoms with Crippen LogP contribution in [-0.2, 0) is 0 Å². The van der Waals surface area contributed by atoms with Gasteiger partial charge in [-0.1, -0.05) is 24.6 Å². The first-order valence-electron chi connectivity index (χ1n) is 4.44. The topological polar surface area (TPSA) is 32.3 Å². The van der Waals surface area contributed by atoms with Gasteiger partial charge in [0.15, 0.2) is 0 Å². The second kappa shape index (κ2) is 5.59. The minimum absolute atomic E-state index is 0.186. The van der Waals surface area contributed by atoms with E-state index in [1.54, 1.807) is 0 Å². The Morgan fingerprint density at radius 3 is 2.93 bits per heavy atom.